The third kappa shape index (κ3) is 3.70. The molecule has 1 heterocycles. The van der Waals surface area contributed by atoms with Crippen LogP contribution in [0.4, 0.5) is 0 Å². The minimum absolute atomic E-state index is 0.359. The molecule has 0 aliphatic heterocycles. The summed E-state index contributed by atoms with van der Waals surface area (Å²) in [5.41, 5.74) is 1.33. The lowest BCUT2D eigenvalue weighted by Gasteiger charge is -2.05. The summed E-state index contributed by atoms with van der Waals surface area (Å²) >= 11 is 5.65. The summed E-state index contributed by atoms with van der Waals surface area (Å²) in [7, 11) is 0. The second kappa shape index (κ2) is 6.36. The predicted molar refractivity (Wildman–Crippen MR) is 72.2 cm³/mol. The molecule has 18 heavy (non-hydrogen) atoms. The molecule has 3 nitrogen and oxygen atoms in total. The molecule has 1 aromatic carbocycles. The molecule has 4 heteroatoms. The fourth-order valence-corrected chi connectivity index (χ4v) is 1.68. The van der Waals surface area contributed by atoms with E-state index < -0.39 is 0 Å². The van der Waals surface area contributed by atoms with E-state index in [1.807, 2.05) is 12.1 Å². The van der Waals surface area contributed by atoms with Crippen LogP contribution in [-0.4, -0.2) is 10.2 Å². The van der Waals surface area contributed by atoms with Crippen LogP contribution in [0.15, 0.2) is 36.4 Å². The highest BCUT2D eigenvalue weighted by Crippen LogP contribution is 2.20. The van der Waals surface area contributed by atoms with Crippen LogP contribution in [0.1, 0.15) is 25.3 Å². The average molecular weight is 263 g/mol. The number of benzene rings is 1. The van der Waals surface area contributed by atoms with Crippen molar-refractivity contribution in [3.8, 4) is 11.6 Å². The molecule has 0 saturated carbocycles. The van der Waals surface area contributed by atoms with E-state index in [9.17, 15) is 0 Å². The van der Waals surface area contributed by atoms with Crippen molar-refractivity contribution < 1.29 is 4.74 Å². The molecule has 0 bridgehead atoms. The predicted octanol–water partition coefficient (Wildman–Crippen LogP) is 4.26. The van der Waals surface area contributed by atoms with Crippen molar-refractivity contribution in [3.63, 3.8) is 0 Å². The van der Waals surface area contributed by atoms with E-state index in [-0.39, 0.29) is 0 Å². The Hall–Kier alpha value is -1.61. The molecule has 0 amide bonds. The van der Waals surface area contributed by atoms with Crippen molar-refractivity contribution in [2.24, 2.45) is 0 Å². The lowest BCUT2D eigenvalue weighted by molar-refractivity contribution is 0.455. The maximum absolute atomic E-state index is 5.65. The summed E-state index contributed by atoms with van der Waals surface area (Å²) in [6, 6.07) is 11.4. The van der Waals surface area contributed by atoms with E-state index in [2.05, 4.69) is 29.3 Å². The molecule has 0 spiro atoms. The molecule has 1 aromatic heterocycles. The molecule has 0 aliphatic rings. The zero-order valence-electron chi connectivity index (χ0n) is 10.3. The lowest BCUT2D eigenvalue weighted by Crippen LogP contribution is -1.91. The van der Waals surface area contributed by atoms with Gasteiger partial charge in [-0.05, 0) is 36.6 Å². The summed E-state index contributed by atoms with van der Waals surface area (Å²) in [5.74, 6) is 1.20. The highest BCUT2D eigenvalue weighted by molar-refractivity contribution is 6.29. The summed E-state index contributed by atoms with van der Waals surface area (Å²) in [4.78, 5) is 0. The monoisotopic (exact) mass is 262 g/mol. The first-order valence-electron chi connectivity index (χ1n) is 6.04. The van der Waals surface area contributed by atoms with Crippen LogP contribution in [0.5, 0.6) is 11.6 Å². The van der Waals surface area contributed by atoms with E-state index in [1.165, 1.54) is 18.4 Å². The van der Waals surface area contributed by atoms with Gasteiger partial charge in [-0.3, -0.25) is 0 Å². The topological polar surface area (TPSA) is 35.0 Å². The van der Waals surface area contributed by atoms with Gasteiger partial charge in [-0.25, -0.2) is 0 Å². The molecule has 94 valence electrons. The Bertz CT molecular complexity index is 482. The van der Waals surface area contributed by atoms with E-state index in [0.717, 1.165) is 12.2 Å². The molecular formula is C14H15ClN2O. The lowest BCUT2D eigenvalue weighted by atomic mass is 10.1. The zero-order chi connectivity index (χ0) is 12.8. The van der Waals surface area contributed by atoms with Gasteiger partial charge in [0.1, 0.15) is 5.75 Å². The van der Waals surface area contributed by atoms with Crippen LogP contribution in [-0.2, 0) is 6.42 Å². The van der Waals surface area contributed by atoms with Crippen LogP contribution in [0, 0.1) is 0 Å². The standard InChI is InChI=1S/C14H15ClN2O/c1-2-3-4-11-5-7-12(8-6-11)18-14-10-9-13(15)16-17-14/h5-10H,2-4H2,1H3. The fraction of sp³-hybridized carbons (Fsp3) is 0.286. The van der Waals surface area contributed by atoms with Gasteiger partial charge in [0.15, 0.2) is 5.15 Å². The third-order valence-electron chi connectivity index (χ3n) is 2.57. The van der Waals surface area contributed by atoms with Crippen LogP contribution in [0.2, 0.25) is 5.15 Å². The SMILES string of the molecule is CCCCc1ccc(Oc2ccc(Cl)nn2)cc1. The number of hydrogen-bond donors (Lipinski definition) is 0. The summed E-state index contributed by atoms with van der Waals surface area (Å²) in [6.07, 6.45) is 3.53. The van der Waals surface area contributed by atoms with Crippen molar-refractivity contribution in [1.82, 2.24) is 10.2 Å². The van der Waals surface area contributed by atoms with E-state index in [1.54, 1.807) is 12.1 Å². The highest BCUT2D eigenvalue weighted by atomic mass is 35.5. The number of halogens is 1. The van der Waals surface area contributed by atoms with Crippen molar-refractivity contribution >= 4 is 11.6 Å². The zero-order valence-corrected chi connectivity index (χ0v) is 11.0. The molecule has 0 aliphatic carbocycles. The van der Waals surface area contributed by atoms with Crippen molar-refractivity contribution in [2.45, 2.75) is 26.2 Å². The minimum atomic E-state index is 0.359. The van der Waals surface area contributed by atoms with Crippen molar-refractivity contribution in [2.75, 3.05) is 0 Å². The Kier molecular flexibility index (Phi) is 4.53. The number of ether oxygens (including phenoxy) is 1. The van der Waals surface area contributed by atoms with Crippen LogP contribution in [0.3, 0.4) is 0 Å². The minimum Gasteiger partial charge on any atom is -0.438 e. The van der Waals surface area contributed by atoms with E-state index >= 15 is 0 Å². The maximum atomic E-state index is 5.65. The number of rotatable bonds is 5. The Labute approximate surface area is 112 Å². The Balaban J connectivity index is 1.99. The quantitative estimate of drug-likeness (QED) is 0.807. The molecule has 0 unspecified atom stereocenters. The van der Waals surface area contributed by atoms with Crippen LogP contribution >= 0.6 is 11.6 Å². The van der Waals surface area contributed by atoms with Gasteiger partial charge in [0.2, 0.25) is 5.88 Å². The molecule has 2 aromatic rings. The number of aryl methyl sites for hydroxylation is 1. The molecule has 0 N–H and O–H groups in total. The Morgan fingerprint density at radius 1 is 1.06 bits per heavy atom. The van der Waals surface area contributed by atoms with E-state index in [4.69, 9.17) is 16.3 Å². The Morgan fingerprint density at radius 3 is 2.44 bits per heavy atom. The fourth-order valence-electron chi connectivity index (χ4n) is 1.58. The molecule has 2 rings (SSSR count). The second-order valence-corrected chi connectivity index (χ2v) is 4.43. The smallest absolute Gasteiger partial charge is 0.238 e. The van der Waals surface area contributed by atoms with Gasteiger partial charge in [0.05, 0.1) is 0 Å². The van der Waals surface area contributed by atoms with Crippen LogP contribution in [0.25, 0.3) is 0 Å². The first-order valence-corrected chi connectivity index (χ1v) is 6.42. The number of hydrogen-bond acceptors (Lipinski definition) is 3. The van der Waals surface area contributed by atoms with Gasteiger partial charge < -0.3 is 4.74 Å². The molecule has 0 saturated heterocycles. The van der Waals surface area contributed by atoms with Gasteiger partial charge in [-0.15, -0.1) is 10.2 Å². The summed E-state index contributed by atoms with van der Waals surface area (Å²) in [5, 5.41) is 7.92. The van der Waals surface area contributed by atoms with Crippen molar-refractivity contribution in [1.29, 1.82) is 0 Å². The number of nitrogens with zero attached hydrogens (tertiary/aromatic N) is 2. The third-order valence-corrected chi connectivity index (χ3v) is 2.77. The molecule has 0 radical (unpaired) electrons. The average Bonchev–Trinajstić information content (AvgIpc) is 2.41. The van der Waals surface area contributed by atoms with E-state index in [0.29, 0.717) is 11.0 Å². The molecular weight excluding hydrogens is 248 g/mol. The van der Waals surface area contributed by atoms with Gasteiger partial charge >= 0.3 is 0 Å². The number of unbranched alkanes of at least 4 members (excludes halogenated alkanes) is 1. The van der Waals surface area contributed by atoms with Crippen molar-refractivity contribution in [3.05, 3.63) is 47.1 Å². The summed E-state index contributed by atoms with van der Waals surface area (Å²) < 4.78 is 5.56. The maximum Gasteiger partial charge on any atom is 0.238 e. The summed E-state index contributed by atoms with van der Waals surface area (Å²) in [6.45, 7) is 2.19. The first kappa shape index (κ1) is 12.8. The largest absolute Gasteiger partial charge is 0.438 e. The molecule has 0 atom stereocenters. The van der Waals surface area contributed by atoms with Gasteiger partial charge in [-0.1, -0.05) is 37.1 Å². The highest BCUT2D eigenvalue weighted by Gasteiger charge is 2.00. The second-order valence-electron chi connectivity index (χ2n) is 4.04. The van der Waals surface area contributed by atoms with Gasteiger partial charge in [0, 0.05) is 6.07 Å². The van der Waals surface area contributed by atoms with Crippen LogP contribution < -0.4 is 4.74 Å². The number of aromatic nitrogens is 2. The normalized spacial score (nSPS) is 10.3. The first-order chi connectivity index (χ1) is 8.78. The van der Waals surface area contributed by atoms with Gasteiger partial charge in [-0.2, -0.15) is 0 Å². The van der Waals surface area contributed by atoms with Gasteiger partial charge in [0.25, 0.3) is 0 Å². The molecule has 0 fully saturated rings. The Morgan fingerprint density at radius 2 is 1.83 bits per heavy atom.